The molecule has 0 saturated heterocycles. The van der Waals surface area contributed by atoms with Crippen molar-refractivity contribution in [3.05, 3.63) is 17.7 Å². The number of carbonyl (C=O) groups is 1. The number of fused-ring (bicyclic) bond motifs is 1. The molecule has 0 amide bonds. The second-order valence-corrected chi connectivity index (χ2v) is 3.40. The Morgan fingerprint density at radius 2 is 2.40 bits per heavy atom. The average molecular weight is 208 g/mol. The Labute approximate surface area is 87.4 Å². The molecule has 0 radical (unpaired) electrons. The van der Waals surface area contributed by atoms with Gasteiger partial charge < -0.3 is 14.6 Å². The van der Waals surface area contributed by atoms with Crippen molar-refractivity contribution in [1.29, 1.82) is 0 Å². The molecule has 0 fully saturated rings. The van der Waals surface area contributed by atoms with Gasteiger partial charge in [0, 0.05) is 0 Å². The van der Waals surface area contributed by atoms with E-state index in [1.165, 1.54) is 6.07 Å². The summed E-state index contributed by atoms with van der Waals surface area (Å²) >= 11 is 0. The van der Waals surface area contributed by atoms with E-state index in [9.17, 15) is 9.90 Å². The summed E-state index contributed by atoms with van der Waals surface area (Å²) in [5, 5.41) is 9.46. The van der Waals surface area contributed by atoms with E-state index in [1.54, 1.807) is 6.07 Å². The van der Waals surface area contributed by atoms with Crippen LogP contribution in [-0.4, -0.2) is 24.1 Å². The molecule has 1 aromatic carbocycles. The van der Waals surface area contributed by atoms with E-state index < -0.39 is 0 Å². The maximum Gasteiger partial charge on any atom is 0.176 e. The number of ether oxygens (including phenoxy) is 2. The maximum atomic E-state index is 10.8. The first-order chi connectivity index (χ1) is 7.26. The van der Waals surface area contributed by atoms with Crippen LogP contribution in [0.3, 0.4) is 0 Å². The van der Waals surface area contributed by atoms with Gasteiger partial charge in [0.15, 0.2) is 17.8 Å². The van der Waals surface area contributed by atoms with Crippen molar-refractivity contribution in [2.24, 2.45) is 0 Å². The molecule has 1 unspecified atom stereocenters. The molecule has 0 spiro atoms. The van der Waals surface area contributed by atoms with Crippen molar-refractivity contribution in [2.75, 3.05) is 6.61 Å². The molecule has 1 aliphatic rings. The number of hydrogen-bond donors (Lipinski definition) is 1. The lowest BCUT2D eigenvalue weighted by Gasteiger charge is -2.26. The smallest absolute Gasteiger partial charge is 0.176 e. The second-order valence-electron chi connectivity index (χ2n) is 3.40. The van der Waals surface area contributed by atoms with Crippen LogP contribution in [0.25, 0.3) is 0 Å². The zero-order valence-electron chi connectivity index (χ0n) is 8.40. The summed E-state index contributed by atoms with van der Waals surface area (Å²) < 4.78 is 11.0. The van der Waals surface area contributed by atoms with E-state index in [4.69, 9.17) is 9.47 Å². The highest BCUT2D eigenvalue weighted by Crippen LogP contribution is 2.39. The van der Waals surface area contributed by atoms with Gasteiger partial charge in [0.1, 0.15) is 24.0 Å². The van der Waals surface area contributed by atoms with Gasteiger partial charge in [-0.1, -0.05) is 6.92 Å². The lowest BCUT2D eigenvalue weighted by Crippen LogP contribution is -2.28. The lowest BCUT2D eigenvalue weighted by atomic mass is 10.1. The fourth-order valence-electron chi connectivity index (χ4n) is 1.50. The van der Waals surface area contributed by atoms with Gasteiger partial charge in [0.05, 0.1) is 0 Å². The summed E-state index contributed by atoms with van der Waals surface area (Å²) in [6, 6.07) is 3.03. The molecule has 0 aliphatic carbocycles. The minimum Gasteiger partial charge on any atom is -0.507 e. The first kappa shape index (κ1) is 9.83. The normalized spacial score (nSPS) is 18.6. The van der Waals surface area contributed by atoms with Crippen molar-refractivity contribution >= 4 is 6.29 Å². The van der Waals surface area contributed by atoms with Crippen LogP contribution in [0.15, 0.2) is 12.1 Å². The largest absolute Gasteiger partial charge is 0.507 e. The minimum absolute atomic E-state index is 0.0574. The summed E-state index contributed by atoms with van der Waals surface area (Å²) in [6.07, 6.45) is 1.32. The highest BCUT2D eigenvalue weighted by atomic mass is 16.6. The number of phenolic OH excluding ortho intramolecular Hbond substituents is 1. The number of phenols is 1. The van der Waals surface area contributed by atoms with E-state index in [0.29, 0.717) is 24.4 Å². The Morgan fingerprint density at radius 3 is 3.07 bits per heavy atom. The van der Waals surface area contributed by atoms with Gasteiger partial charge in [0.2, 0.25) is 0 Å². The molecule has 15 heavy (non-hydrogen) atoms. The van der Waals surface area contributed by atoms with Crippen LogP contribution in [0, 0.1) is 0 Å². The van der Waals surface area contributed by atoms with Gasteiger partial charge in [-0.25, -0.2) is 0 Å². The summed E-state index contributed by atoms with van der Waals surface area (Å²) in [5.41, 5.74) is 0.158. The maximum absolute atomic E-state index is 10.8. The SMILES string of the molecule is CCC1COc2ccc(O)c(C=O)c2O1. The summed E-state index contributed by atoms with van der Waals surface area (Å²) in [7, 11) is 0. The zero-order valence-corrected chi connectivity index (χ0v) is 8.40. The number of rotatable bonds is 2. The Hall–Kier alpha value is -1.71. The standard InChI is InChI=1S/C11H12O4/c1-2-7-6-14-10-4-3-9(13)8(5-12)11(10)15-7/h3-5,7,13H,2,6H2,1H3. The number of benzene rings is 1. The highest BCUT2D eigenvalue weighted by Gasteiger charge is 2.24. The van der Waals surface area contributed by atoms with Gasteiger partial charge in [-0.05, 0) is 18.6 Å². The van der Waals surface area contributed by atoms with Crippen molar-refractivity contribution < 1.29 is 19.4 Å². The quantitative estimate of drug-likeness (QED) is 0.752. The molecule has 1 heterocycles. The third-order valence-electron chi connectivity index (χ3n) is 2.42. The monoisotopic (exact) mass is 208 g/mol. The number of aromatic hydroxyl groups is 1. The van der Waals surface area contributed by atoms with Crippen LogP contribution in [0.4, 0.5) is 0 Å². The molecule has 0 bridgehead atoms. The third kappa shape index (κ3) is 1.63. The van der Waals surface area contributed by atoms with Crippen LogP contribution >= 0.6 is 0 Å². The zero-order chi connectivity index (χ0) is 10.8. The van der Waals surface area contributed by atoms with E-state index in [-0.39, 0.29) is 17.4 Å². The molecule has 4 nitrogen and oxygen atoms in total. The first-order valence-corrected chi connectivity index (χ1v) is 4.86. The summed E-state index contributed by atoms with van der Waals surface area (Å²) in [6.45, 7) is 2.45. The molecule has 1 N–H and O–H groups in total. The fraction of sp³-hybridized carbons (Fsp3) is 0.364. The molecule has 2 rings (SSSR count). The topological polar surface area (TPSA) is 55.8 Å². The van der Waals surface area contributed by atoms with Gasteiger partial charge in [-0.15, -0.1) is 0 Å². The van der Waals surface area contributed by atoms with Crippen molar-refractivity contribution in [3.8, 4) is 17.2 Å². The number of carbonyl (C=O) groups excluding carboxylic acids is 1. The van der Waals surface area contributed by atoms with Crippen LogP contribution in [0.1, 0.15) is 23.7 Å². The van der Waals surface area contributed by atoms with Crippen molar-refractivity contribution in [2.45, 2.75) is 19.4 Å². The molecule has 80 valence electrons. The van der Waals surface area contributed by atoms with E-state index >= 15 is 0 Å². The average Bonchev–Trinajstić information content (AvgIpc) is 2.28. The predicted molar refractivity (Wildman–Crippen MR) is 53.7 cm³/mol. The van der Waals surface area contributed by atoms with Gasteiger partial charge >= 0.3 is 0 Å². The molecule has 4 heteroatoms. The Balaban J connectivity index is 2.45. The van der Waals surface area contributed by atoms with E-state index in [2.05, 4.69) is 0 Å². The second kappa shape index (κ2) is 3.81. The number of hydrogen-bond acceptors (Lipinski definition) is 4. The minimum atomic E-state index is -0.0795. The Morgan fingerprint density at radius 1 is 1.60 bits per heavy atom. The summed E-state index contributed by atoms with van der Waals surface area (Å²) in [4.78, 5) is 10.8. The fourth-order valence-corrected chi connectivity index (χ4v) is 1.50. The molecule has 1 atom stereocenters. The van der Waals surface area contributed by atoms with Crippen LogP contribution in [-0.2, 0) is 0 Å². The van der Waals surface area contributed by atoms with Gasteiger partial charge in [-0.2, -0.15) is 0 Å². The van der Waals surface area contributed by atoms with Gasteiger partial charge in [-0.3, -0.25) is 4.79 Å². The first-order valence-electron chi connectivity index (χ1n) is 4.86. The molecule has 1 aromatic rings. The third-order valence-corrected chi connectivity index (χ3v) is 2.42. The van der Waals surface area contributed by atoms with E-state index in [0.717, 1.165) is 6.42 Å². The highest BCUT2D eigenvalue weighted by molar-refractivity contribution is 5.85. The van der Waals surface area contributed by atoms with Crippen LogP contribution in [0.5, 0.6) is 17.2 Å². The molecule has 0 saturated carbocycles. The Kier molecular flexibility index (Phi) is 2.49. The molecule has 0 aromatic heterocycles. The van der Waals surface area contributed by atoms with Crippen LogP contribution < -0.4 is 9.47 Å². The van der Waals surface area contributed by atoms with Crippen molar-refractivity contribution in [3.63, 3.8) is 0 Å². The lowest BCUT2D eigenvalue weighted by molar-refractivity contribution is 0.0853. The number of aldehydes is 1. The van der Waals surface area contributed by atoms with Crippen molar-refractivity contribution in [1.82, 2.24) is 0 Å². The summed E-state index contributed by atoms with van der Waals surface area (Å²) in [5.74, 6) is 0.784. The molecular weight excluding hydrogens is 196 g/mol. The van der Waals surface area contributed by atoms with E-state index in [1.807, 2.05) is 6.92 Å². The van der Waals surface area contributed by atoms with Gasteiger partial charge in [0.25, 0.3) is 0 Å². The molecule has 1 aliphatic heterocycles. The Bertz CT molecular complexity index is 386. The predicted octanol–water partition coefficient (Wildman–Crippen LogP) is 1.75. The molecular formula is C11H12O4. The van der Waals surface area contributed by atoms with Crippen LogP contribution in [0.2, 0.25) is 0 Å².